The van der Waals surface area contributed by atoms with E-state index >= 15 is 0 Å². The van der Waals surface area contributed by atoms with Gasteiger partial charge in [0.1, 0.15) is 11.8 Å². The van der Waals surface area contributed by atoms with E-state index in [1.54, 1.807) is 30.0 Å². The first kappa shape index (κ1) is 24.7. The van der Waals surface area contributed by atoms with Crippen molar-refractivity contribution in [1.82, 2.24) is 25.3 Å². The van der Waals surface area contributed by atoms with Crippen LogP contribution in [0.25, 0.3) is 11.3 Å². The van der Waals surface area contributed by atoms with E-state index in [-0.39, 0.29) is 30.2 Å². The second-order valence-corrected chi connectivity index (χ2v) is 9.30. The van der Waals surface area contributed by atoms with Crippen molar-refractivity contribution in [3.05, 3.63) is 30.3 Å². The number of benzene rings is 1. The lowest BCUT2D eigenvalue weighted by Crippen LogP contribution is -2.53. The number of nitrogens with one attached hydrogen (secondary N) is 1. The zero-order valence-corrected chi connectivity index (χ0v) is 20.1. The molecule has 0 spiro atoms. The number of phenolic OH excluding ortho intramolecular Hbond substituents is 1. The Kier molecular flexibility index (Phi) is 7.37. The standard InChI is InChI=1S/C24H33N7O4/c1-15-11-17(32)13-31(15)24(35)16(2)26-22(34)14-29-7-9-30(10-8-29)20-12-19(27-28-23(20)25)18-5-3-4-6-21(18)33/h3-6,12,15-17,32-33H,7-11,13-14H2,1-2H3,(H2,25,28)(H,26,34)/t15-,16+,17-/m1/s1. The minimum absolute atomic E-state index is 0.0357. The van der Waals surface area contributed by atoms with Crippen LogP contribution >= 0.6 is 0 Å². The van der Waals surface area contributed by atoms with Crippen molar-refractivity contribution in [1.29, 1.82) is 0 Å². The number of anilines is 2. The van der Waals surface area contributed by atoms with Crippen molar-refractivity contribution in [2.24, 2.45) is 0 Å². The maximum Gasteiger partial charge on any atom is 0.245 e. The van der Waals surface area contributed by atoms with Gasteiger partial charge in [-0.05, 0) is 38.5 Å². The molecule has 5 N–H and O–H groups in total. The van der Waals surface area contributed by atoms with Gasteiger partial charge in [0.15, 0.2) is 5.82 Å². The predicted molar refractivity (Wildman–Crippen MR) is 132 cm³/mol. The Morgan fingerprint density at radius 2 is 1.91 bits per heavy atom. The fourth-order valence-electron chi connectivity index (χ4n) is 4.72. The molecule has 2 fully saturated rings. The maximum atomic E-state index is 12.7. The topological polar surface area (TPSA) is 148 Å². The highest BCUT2D eigenvalue weighted by Gasteiger charge is 2.34. The highest BCUT2D eigenvalue weighted by Crippen LogP contribution is 2.31. The van der Waals surface area contributed by atoms with Crippen molar-refractivity contribution in [2.75, 3.05) is 49.9 Å². The number of aliphatic hydroxyl groups is 1. The highest BCUT2D eigenvalue weighted by molar-refractivity contribution is 5.88. The lowest BCUT2D eigenvalue weighted by Gasteiger charge is -2.36. The van der Waals surface area contributed by atoms with Gasteiger partial charge in [-0.25, -0.2) is 0 Å². The van der Waals surface area contributed by atoms with E-state index in [4.69, 9.17) is 5.73 Å². The number of piperazine rings is 1. The molecule has 35 heavy (non-hydrogen) atoms. The number of nitrogens with zero attached hydrogens (tertiary/aromatic N) is 5. The number of aromatic nitrogens is 2. The average Bonchev–Trinajstić information content (AvgIpc) is 3.17. The zero-order valence-electron chi connectivity index (χ0n) is 20.1. The minimum atomic E-state index is -0.646. The number of aromatic hydroxyl groups is 1. The number of aliphatic hydroxyl groups excluding tert-OH is 1. The quantitative estimate of drug-likeness (QED) is 0.447. The van der Waals surface area contributed by atoms with Gasteiger partial charge in [-0.2, -0.15) is 0 Å². The highest BCUT2D eigenvalue weighted by atomic mass is 16.3. The number of carbonyl (C=O) groups is 2. The zero-order chi connectivity index (χ0) is 25.1. The lowest BCUT2D eigenvalue weighted by molar-refractivity contribution is -0.137. The normalized spacial score (nSPS) is 21.7. The van der Waals surface area contributed by atoms with Crippen LogP contribution in [0.2, 0.25) is 0 Å². The number of likely N-dealkylation sites (tertiary alicyclic amines) is 1. The number of para-hydroxylation sites is 1. The molecule has 1 aromatic carbocycles. The fourth-order valence-corrected chi connectivity index (χ4v) is 4.72. The van der Waals surface area contributed by atoms with Crippen LogP contribution in [0.15, 0.2) is 30.3 Å². The molecule has 11 nitrogen and oxygen atoms in total. The maximum absolute atomic E-state index is 12.7. The number of amides is 2. The molecule has 3 atom stereocenters. The number of hydrogen-bond acceptors (Lipinski definition) is 9. The molecule has 3 heterocycles. The molecule has 2 aliphatic rings. The summed E-state index contributed by atoms with van der Waals surface area (Å²) in [5, 5.41) is 30.9. The van der Waals surface area contributed by atoms with E-state index < -0.39 is 12.1 Å². The molecule has 11 heteroatoms. The summed E-state index contributed by atoms with van der Waals surface area (Å²) in [5.41, 5.74) is 7.95. The average molecular weight is 484 g/mol. The van der Waals surface area contributed by atoms with Gasteiger partial charge in [0.25, 0.3) is 0 Å². The summed E-state index contributed by atoms with van der Waals surface area (Å²) in [6.45, 7) is 6.63. The van der Waals surface area contributed by atoms with E-state index in [2.05, 4.69) is 20.4 Å². The summed E-state index contributed by atoms with van der Waals surface area (Å²) >= 11 is 0. The predicted octanol–water partition coefficient (Wildman–Crippen LogP) is 0.0398. The number of β-amino-alcohol motifs (C(OH)–C–C–N with tert-alkyl or cyclic N) is 1. The molecule has 188 valence electrons. The molecule has 2 amide bonds. The van der Waals surface area contributed by atoms with Crippen molar-refractivity contribution in [3.63, 3.8) is 0 Å². The Morgan fingerprint density at radius 1 is 1.20 bits per heavy atom. The second kappa shape index (κ2) is 10.4. The smallest absolute Gasteiger partial charge is 0.245 e. The fraction of sp³-hybridized carbons (Fsp3) is 0.500. The van der Waals surface area contributed by atoms with Crippen molar-refractivity contribution in [3.8, 4) is 17.0 Å². The molecular formula is C24H33N7O4. The molecule has 0 saturated carbocycles. The molecule has 2 aliphatic heterocycles. The van der Waals surface area contributed by atoms with Crippen LogP contribution < -0.4 is 16.0 Å². The third-order valence-electron chi connectivity index (χ3n) is 6.65. The third-order valence-corrected chi connectivity index (χ3v) is 6.65. The Balaban J connectivity index is 1.30. The van der Waals surface area contributed by atoms with E-state index in [0.29, 0.717) is 56.2 Å². The van der Waals surface area contributed by atoms with Gasteiger partial charge in [0.2, 0.25) is 11.8 Å². The van der Waals surface area contributed by atoms with Crippen LogP contribution in [0.1, 0.15) is 20.3 Å². The summed E-state index contributed by atoms with van der Waals surface area (Å²) in [6, 6.07) is 8.07. The largest absolute Gasteiger partial charge is 0.507 e. The number of nitrogens with two attached hydrogens (primary N) is 1. The lowest BCUT2D eigenvalue weighted by atomic mass is 10.1. The van der Waals surface area contributed by atoms with Gasteiger partial charge in [-0.1, -0.05) is 12.1 Å². The Labute approximate surface area is 204 Å². The summed E-state index contributed by atoms with van der Waals surface area (Å²) in [6.07, 6.45) is 0.0506. The van der Waals surface area contributed by atoms with Crippen molar-refractivity contribution >= 4 is 23.3 Å². The number of carbonyl (C=O) groups excluding carboxylic acids is 2. The first-order chi connectivity index (χ1) is 16.7. The van der Waals surface area contributed by atoms with Gasteiger partial charge in [0.05, 0.1) is 24.0 Å². The van der Waals surface area contributed by atoms with Crippen molar-refractivity contribution in [2.45, 2.75) is 38.5 Å². The van der Waals surface area contributed by atoms with Crippen LogP contribution in [0, 0.1) is 0 Å². The molecule has 2 saturated heterocycles. The molecule has 0 unspecified atom stereocenters. The van der Waals surface area contributed by atoms with Gasteiger partial charge in [-0.3, -0.25) is 14.5 Å². The molecule has 0 radical (unpaired) electrons. The summed E-state index contributed by atoms with van der Waals surface area (Å²) in [4.78, 5) is 31.0. The van der Waals surface area contributed by atoms with E-state index in [0.717, 1.165) is 5.69 Å². The first-order valence-corrected chi connectivity index (χ1v) is 11.9. The number of rotatable bonds is 6. The van der Waals surface area contributed by atoms with E-state index in [1.807, 2.05) is 24.0 Å². The Hall–Kier alpha value is -3.44. The molecule has 4 rings (SSSR count). The van der Waals surface area contributed by atoms with E-state index in [1.165, 1.54) is 0 Å². The Bertz CT molecular complexity index is 1070. The molecule has 1 aromatic heterocycles. The first-order valence-electron chi connectivity index (χ1n) is 11.9. The van der Waals surface area contributed by atoms with Gasteiger partial charge in [0, 0.05) is 44.3 Å². The summed E-state index contributed by atoms with van der Waals surface area (Å²) in [7, 11) is 0. The molecule has 0 bridgehead atoms. The Morgan fingerprint density at radius 3 is 2.57 bits per heavy atom. The van der Waals surface area contributed by atoms with Crippen molar-refractivity contribution < 1.29 is 19.8 Å². The number of nitrogen functional groups attached to an aromatic ring is 1. The number of hydrogen-bond donors (Lipinski definition) is 4. The van der Waals surface area contributed by atoms with Gasteiger partial charge in [-0.15, -0.1) is 10.2 Å². The SMILES string of the molecule is C[C@H](NC(=O)CN1CCN(c2cc(-c3ccccc3O)nnc2N)CC1)C(=O)N1C[C@H](O)C[C@H]1C. The summed E-state index contributed by atoms with van der Waals surface area (Å²) in [5.74, 6) is 0.0483. The second-order valence-electron chi connectivity index (χ2n) is 9.30. The summed E-state index contributed by atoms with van der Waals surface area (Å²) < 4.78 is 0. The van der Waals surface area contributed by atoms with Crippen LogP contribution in [0.3, 0.4) is 0 Å². The van der Waals surface area contributed by atoms with Crippen LogP contribution in [-0.4, -0.2) is 99.5 Å². The van der Waals surface area contributed by atoms with E-state index in [9.17, 15) is 19.8 Å². The molecule has 2 aromatic rings. The van der Waals surface area contributed by atoms with Crippen LogP contribution in [-0.2, 0) is 9.59 Å². The van der Waals surface area contributed by atoms with Gasteiger partial charge < -0.3 is 31.1 Å². The molecular weight excluding hydrogens is 450 g/mol. The van der Waals surface area contributed by atoms with Gasteiger partial charge >= 0.3 is 0 Å². The monoisotopic (exact) mass is 483 g/mol. The minimum Gasteiger partial charge on any atom is -0.507 e. The number of phenols is 1. The third kappa shape index (κ3) is 5.63. The molecule has 0 aliphatic carbocycles. The van der Waals surface area contributed by atoms with Crippen LogP contribution in [0.5, 0.6) is 5.75 Å². The van der Waals surface area contributed by atoms with Crippen LogP contribution in [0.4, 0.5) is 11.5 Å².